The molecule has 0 aromatic rings. The van der Waals surface area contributed by atoms with E-state index in [1.54, 1.807) is 0 Å². The predicted molar refractivity (Wildman–Crippen MR) is 42.7 cm³/mol. The zero-order valence-corrected chi connectivity index (χ0v) is 7.03. The highest BCUT2D eigenvalue weighted by Crippen LogP contribution is 2.34. The molecule has 12 heavy (non-hydrogen) atoms. The molecule has 3 N–H and O–H groups in total. The average Bonchev–Trinajstić information content (AvgIpc) is 2.37. The first-order valence-electron chi connectivity index (χ1n) is 4.40. The van der Waals surface area contributed by atoms with Gasteiger partial charge in [-0.25, -0.2) is 0 Å². The van der Waals surface area contributed by atoms with Crippen LogP contribution in [-0.2, 0) is 9.47 Å². The molecule has 0 amide bonds. The van der Waals surface area contributed by atoms with E-state index in [9.17, 15) is 5.11 Å². The molecule has 2 atom stereocenters. The molecule has 2 aliphatic heterocycles. The third-order valence-corrected chi connectivity index (χ3v) is 2.85. The minimum Gasteiger partial charge on any atom is -0.388 e. The van der Waals surface area contributed by atoms with Gasteiger partial charge >= 0.3 is 0 Å². The van der Waals surface area contributed by atoms with Crippen LogP contribution in [0.1, 0.15) is 12.8 Å². The maximum absolute atomic E-state index is 9.77. The Hall–Kier alpha value is -0.160. The van der Waals surface area contributed by atoms with E-state index in [0.717, 1.165) is 12.8 Å². The van der Waals surface area contributed by atoms with Crippen LogP contribution in [0.5, 0.6) is 0 Å². The van der Waals surface area contributed by atoms with E-state index in [4.69, 9.17) is 15.2 Å². The van der Waals surface area contributed by atoms with Gasteiger partial charge in [0, 0.05) is 26.1 Å². The van der Waals surface area contributed by atoms with E-state index < -0.39 is 11.7 Å². The number of ether oxygens (including phenoxy) is 2. The Balaban J connectivity index is 2.09. The second-order valence-corrected chi connectivity index (χ2v) is 3.60. The molecule has 0 aromatic carbocycles. The third-order valence-electron chi connectivity index (χ3n) is 2.85. The van der Waals surface area contributed by atoms with Crippen molar-refractivity contribution >= 4 is 0 Å². The summed E-state index contributed by atoms with van der Waals surface area (Å²) in [6, 6.07) is -0.219. The highest BCUT2D eigenvalue weighted by atomic mass is 16.5. The van der Waals surface area contributed by atoms with Gasteiger partial charge in [-0.2, -0.15) is 0 Å². The quantitative estimate of drug-likeness (QED) is 0.506. The number of hydrogen-bond donors (Lipinski definition) is 2. The zero-order valence-electron chi connectivity index (χ0n) is 7.03. The molecule has 4 nitrogen and oxygen atoms in total. The van der Waals surface area contributed by atoms with Crippen molar-refractivity contribution in [1.82, 2.24) is 0 Å². The van der Waals surface area contributed by atoms with E-state index in [-0.39, 0.29) is 6.04 Å². The summed E-state index contributed by atoms with van der Waals surface area (Å²) in [5, 5.41) is 9.77. The Bertz CT molecular complexity index is 162. The van der Waals surface area contributed by atoms with Gasteiger partial charge in [0.25, 0.3) is 0 Å². The van der Waals surface area contributed by atoms with Crippen molar-refractivity contribution in [3.63, 3.8) is 0 Å². The van der Waals surface area contributed by atoms with Crippen LogP contribution in [0.4, 0.5) is 0 Å². The van der Waals surface area contributed by atoms with Crippen LogP contribution in [0.3, 0.4) is 0 Å². The highest BCUT2D eigenvalue weighted by Gasteiger charge is 2.48. The summed E-state index contributed by atoms with van der Waals surface area (Å²) in [5.41, 5.74) is 5.28. The van der Waals surface area contributed by atoms with Gasteiger partial charge in [0.15, 0.2) is 0 Å². The van der Waals surface area contributed by atoms with E-state index >= 15 is 0 Å². The van der Waals surface area contributed by atoms with Crippen LogP contribution in [0, 0.1) is 0 Å². The topological polar surface area (TPSA) is 64.7 Å². The molecule has 2 aliphatic rings. The first-order valence-corrected chi connectivity index (χ1v) is 4.40. The first kappa shape index (κ1) is 8.44. The molecule has 70 valence electrons. The van der Waals surface area contributed by atoms with Gasteiger partial charge < -0.3 is 20.3 Å². The summed E-state index contributed by atoms with van der Waals surface area (Å²) in [7, 11) is 0. The van der Waals surface area contributed by atoms with Crippen LogP contribution in [0.2, 0.25) is 0 Å². The minimum atomic E-state index is -0.513. The van der Waals surface area contributed by atoms with Crippen LogP contribution in [0.15, 0.2) is 0 Å². The van der Waals surface area contributed by atoms with Crippen molar-refractivity contribution in [1.29, 1.82) is 0 Å². The lowest BCUT2D eigenvalue weighted by Gasteiger charge is -2.35. The number of aliphatic hydroxyl groups is 1. The summed E-state index contributed by atoms with van der Waals surface area (Å²) < 4.78 is 10.8. The lowest BCUT2D eigenvalue weighted by Crippen LogP contribution is -2.49. The Morgan fingerprint density at radius 2 is 2.00 bits per heavy atom. The van der Waals surface area contributed by atoms with Crippen molar-refractivity contribution in [3.8, 4) is 0 Å². The van der Waals surface area contributed by atoms with Gasteiger partial charge in [-0.15, -0.1) is 0 Å². The van der Waals surface area contributed by atoms with Crippen LogP contribution in [0.25, 0.3) is 0 Å². The highest BCUT2D eigenvalue weighted by molar-refractivity contribution is 5.00. The largest absolute Gasteiger partial charge is 0.388 e. The van der Waals surface area contributed by atoms with E-state index in [2.05, 4.69) is 0 Å². The monoisotopic (exact) mass is 173 g/mol. The maximum atomic E-state index is 9.77. The average molecular weight is 173 g/mol. The molecular formula is C8H15NO3. The molecule has 0 bridgehead atoms. The number of rotatable bonds is 0. The fraction of sp³-hybridized carbons (Fsp3) is 1.00. The van der Waals surface area contributed by atoms with Crippen LogP contribution in [-0.4, -0.2) is 42.7 Å². The summed E-state index contributed by atoms with van der Waals surface area (Å²) in [6.45, 7) is 1.81. The smallest absolute Gasteiger partial charge is 0.100 e. The van der Waals surface area contributed by atoms with Gasteiger partial charge in [-0.3, -0.25) is 0 Å². The van der Waals surface area contributed by atoms with Crippen molar-refractivity contribution in [2.45, 2.75) is 30.6 Å². The molecule has 2 saturated heterocycles. The molecule has 0 aromatic heterocycles. The second kappa shape index (κ2) is 2.96. The van der Waals surface area contributed by atoms with Crippen molar-refractivity contribution < 1.29 is 14.6 Å². The lowest BCUT2D eigenvalue weighted by molar-refractivity contribution is -0.119. The van der Waals surface area contributed by atoms with Crippen molar-refractivity contribution in [3.05, 3.63) is 0 Å². The summed E-state index contributed by atoms with van der Waals surface area (Å²) in [4.78, 5) is 0. The minimum absolute atomic E-state index is 0.219. The first-order chi connectivity index (χ1) is 5.75. The Labute approximate surface area is 71.6 Å². The fourth-order valence-electron chi connectivity index (χ4n) is 1.99. The van der Waals surface area contributed by atoms with E-state index in [1.165, 1.54) is 0 Å². The van der Waals surface area contributed by atoms with E-state index in [1.807, 2.05) is 0 Å². The molecule has 4 heteroatoms. The van der Waals surface area contributed by atoms with Gasteiger partial charge in [0.2, 0.25) is 0 Å². The maximum Gasteiger partial charge on any atom is 0.100 e. The predicted octanol–water partition coefficient (Wildman–Crippen LogP) is -0.746. The summed E-state index contributed by atoms with van der Waals surface area (Å²) in [5.74, 6) is 0. The normalized spacial score (nSPS) is 40.5. The van der Waals surface area contributed by atoms with Crippen LogP contribution >= 0.6 is 0 Å². The molecule has 0 radical (unpaired) electrons. The van der Waals surface area contributed by atoms with Gasteiger partial charge in [0.1, 0.15) is 11.7 Å². The van der Waals surface area contributed by atoms with E-state index in [0.29, 0.717) is 19.8 Å². The van der Waals surface area contributed by atoms with Gasteiger partial charge in [-0.1, -0.05) is 0 Å². The Kier molecular flexibility index (Phi) is 2.08. The summed E-state index contributed by atoms with van der Waals surface area (Å²) in [6.07, 6.45) is 1.02. The Morgan fingerprint density at radius 1 is 1.33 bits per heavy atom. The molecule has 2 rings (SSSR count). The van der Waals surface area contributed by atoms with Gasteiger partial charge in [-0.05, 0) is 0 Å². The molecule has 2 heterocycles. The number of aliphatic hydroxyl groups excluding tert-OH is 1. The second-order valence-electron chi connectivity index (χ2n) is 3.60. The zero-order chi connectivity index (χ0) is 8.60. The van der Waals surface area contributed by atoms with Crippen molar-refractivity contribution in [2.24, 2.45) is 5.73 Å². The molecule has 2 fully saturated rings. The van der Waals surface area contributed by atoms with Crippen LogP contribution < -0.4 is 5.73 Å². The number of nitrogens with two attached hydrogens (primary N) is 1. The lowest BCUT2D eigenvalue weighted by atomic mass is 9.87. The summed E-state index contributed by atoms with van der Waals surface area (Å²) >= 11 is 0. The van der Waals surface area contributed by atoms with Crippen molar-refractivity contribution in [2.75, 3.05) is 19.8 Å². The Morgan fingerprint density at radius 3 is 2.50 bits per heavy atom. The number of hydrogen-bond acceptors (Lipinski definition) is 4. The molecular weight excluding hydrogens is 158 g/mol. The third kappa shape index (κ3) is 1.15. The molecule has 0 unspecified atom stereocenters. The fourth-order valence-corrected chi connectivity index (χ4v) is 1.99. The standard InChI is InChI=1S/C8H15NO3/c9-6-5-12-8(7(6)10)1-3-11-4-2-8/h6-7,10H,1-5,9H2/t6-,7+/m1/s1. The SMILES string of the molecule is N[C@@H]1COC2(CCOCC2)[C@H]1O. The molecule has 0 saturated carbocycles. The van der Waals surface area contributed by atoms with Gasteiger partial charge in [0.05, 0.1) is 12.6 Å². The molecule has 1 spiro atoms. The molecule has 0 aliphatic carbocycles.